The number of ether oxygens (including phenoxy) is 1. The van der Waals surface area contributed by atoms with E-state index < -0.39 is 6.16 Å². The van der Waals surface area contributed by atoms with Crippen LogP contribution < -0.4 is 9.67 Å². The van der Waals surface area contributed by atoms with Gasteiger partial charge in [-0.1, -0.05) is 0 Å². The van der Waals surface area contributed by atoms with Crippen LogP contribution in [0.5, 0.6) is 0 Å². The lowest BCUT2D eigenvalue weighted by atomic mass is 10.6. The van der Waals surface area contributed by atoms with E-state index in [1.807, 2.05) is 35.5 Å². The summed E-state index contributed by atoms with van der Waals surface area (Å²) in [5.41, 5.74) is 0. The zero-order valence-electron chi connectivity index (χ0n) is 7.69. The molecule has 0 amide bonds. The molecule has 13 heavy (non-hydrogen) atoms. The van der Waals surface area contributed by atoms with Crippen molar-refractivity contribution in [1.29, 1.82) is 0 Å². The van der Waals surface area contributed by atoms with Crippen molar-refractivity contribution in [2.24, 2.45) is 7.05 Å². The van der Waals surface area contributed by atoms with Crippen LogP contribution >= 0.6 is 0 Å². The minimum atomic E-state index is -1.48. The Labute approximate surface area is 76.2 Å². The first-order valence-corrected chi connectivity index (χ1v) is 3.96. The molecule has 0 unspecified atom stereocenters. The molecule has 0 fully saturated rings. The van der Waals surface area contributed by atoms with Gasteiger partial charge in [0.25, 0.3) is 12.0 Å². The summed E-state index contributed by atoms with van der Waals surface area (Å²) in [6.07, 6.45) is 2.29. The van der Waals surface area contributed by atoms with Gasteiger partial charge in [0.2, 0.25) is 0 Å². The van der Waals surface area contributed by atoms with Crippen LogP contribution in [0.15, 0.2) is 12.4 Å². The molecule has 0 saturated carbocycles. The Balaban J connectivity index is 2.45. The molecular weight excluding hydrogens is 172 g/mol. The van der Waals surface area contributed by atoms with Crippen molar-refractivity contribution < 1.29 is 19.2 Å². The maximum atomic E-state index is 9.93. The van der Waals surface area contributed by atoms with E-state index in [0.717, 1.165) is 5.82 Å². The van der Waals surface area contributed by atoms with E-state index in [4.69, 9.17) is 0 Å². The largest absolute Gasteiger partial charge is 0.546 e. The quantitative estimate of drug-likeness (QED) is 0.446. The molecule has 0 saturated heterocycles. The molecule has 0 radical (unpaired) electrons. The SMILES string of the molecule is Cc1n(CCOC(=O)[O-])cc[n+]1C. The van der Waals surface area contributed by atoms with Crippen molar-refractivity contribution in [3.05, 3.63) is 18.2 Å². The van der Waals surface area contributed by atoms with Crippen molar-refractivity contribution in [3.63, 3.8) is 0 Å². The Kier molecular flexibility index (Phi) is 2.89. The van der Waals surface area contributed by atoms with Crippen molar-refractivity contribution in [2.45, 2.75) is 13.5 Å². The van der Waals surface area contributed by atoms with Gasteiger partial charge in [-0.25, -0.2) is 9.13 Å². The van der Waals surface area contributed by atoms with Gasteiger partial charge in [-0.15, -0.1) is 0 Å². The number of rotatable bonds is 3. The van der Waals surface area contributed by atoms with Crippen LogP contribution in [0, 0.1) is 6.92 Å². The Hall–Kier alpha value is -1.52. The van der Waals surface area contributed by atoms with Gasteiger partial charge in [0, 0.05) is 6.92 Å². The van der Waals surface area contributed by atoms with Gasteiger partial charge in [-0.3, -0.25) is 0 Å². The molecule has 0 spiro atoms. The molecule has 0 aromatic carbocycles. The molecule has 0 atom stereocenters. The topological polar surface area (TPSA) is 58.2 Å². The summed E-state index contributed by atoms with van der Waals surface area (Å²) in [6.45, 7) is 2.58. The van der Waals surface area contributed by atoms with Crippen LogP contribution in [0.25, 0.3) is 0 Å². The highest BCUT2D eigenvalue weighted by atomic mass is 16.7. The second kappa shape index (κ2) is 3.93. The van der Waals surface area contributed by atoms with Crippen LogP contribution in [0.4, 0.5) is 4.79 Å². The van der Waals surface area contributed by atoms with E-state index in [1.165, 1.54) is 0 Å². The monoisotopic (exact) mass is 184 g/mol. The van der Waals surface area contributed by atoms with Gasteiger partial charge in [-0.2, -0.15) is 0 Å². The number of hydrogen-bond acceptors (Lipinski definition) is 3. The number of nitrogens with zero attached hydrogens (tertiary/aromatic N) is 2. The molecule has 0 aliphatic rings. The Morgan fingerprint density at radius 3 is 2.92 bits per heavy atom. The van der Waals surface area contributed by atoms with Crippen LogP contribution in [-0.2, 0) is 18.3 Å². The Morgan fingerprint density at radius 1 is 1.77 bits per heavy atom. The van der Waals surface area contributed by atoms with Crippen molar-refractivity contribution in [2.75, 3.05) is 6.61 Å². The average molecular weight is 184 g/mol. The second-order valence-corrected chi connectivity index (χ2v) is 2.75. The number of carboxylic acid groups (broad SMARTS) is 1. The summed E-state index contributed by atoms with van der Waals surface area (Å²) >= 11 is 0. The lowest BCUT2D eigenvalue weighted by molar-refractivity contribution is -0.677. The van der Waals surface area contributed by atoms with E-state index in [0.29, 0.717) is 6.54 Å². The Bertz CT molecular complexity index is 306. The van der Waals surface area contributed by atoms with Gasteiger partial charge >= 0.3 is 0 Å². The lowest BCUT2D eigenvalue weighted by Gasteiger charge is -2.05. The van der Waals surface area contributed by atoms with Crippen molar-refractivity contribution >= 4 is 6.16 Å². The predicted molar refractivity (Wildman–Crippen MR) is 41.7 cm³/mol. The average Bonchev–Trinajstić information content (AvgIpc) is 2.35. The van der Waals surface area contributed by atoms with Gasteiger partial charge in [-0.05, 0) is 0 Å². The van der Waals surface area contributed by atoms with Crippen molar-refractivity contribution in [3.8, 4) is 0 Å². The standard InChI is InChI=1S/C8H12N2O3/c1-7-9(2)3-4-10(7)5-6-13-8(11)12/h3-4H,5-6H2,1-2H3. The molecule has 0 bridgehead atoms. The number of aryl methyl sites for hydroxylation is 1. The number of aromatic nitrogens is 2. The molecular formula is C8H12N2O3. The molecule has 1 aromatic heterocycles. The molecule has 1 heterocycles. The third-order valence-electron chi connectivity index (χ3n) is 1.95. The predicted octanol–water partition coefficient (Wildman–Crippen LogP) is -1.02. The minimum Gasteiger partial charge on any atom is -0.546 e. The molecule has 5 nitrogen and oxygen atoms in total. The fourth-order valence-corrected chi connectivity index (χ4v) is 1.06. The summed E-state index contributed by atoms with van der Waals surface area (Å²) in [7, 11) is 1.92. The van der Waals surface area contributed by atoms with E-state index in [9.17, 15) is 9.90 Å². The normalized spacial score (nSPS) is 10.0. The summed E-state index contributed by atoms with van der Waals surface area (Å²) < 4.78 is 8.13. The highest BCUT2D eigenvalue weighted by molar-refractivity contribution is 5.53. The van der Waals surface area contributed by atoms with Gasteiger partial charge in [0.15, 0.2) is 0 Å². The molecule has 5 heteroatoms. The first kappa shape index (κ1) is 9.57. The van der Waals surface area contributed by atoms with Gasteiger partial charge in [0.05, 0.1) is 13.7 Å². The molecule has 72 valence electrons. The first-order valence-electron chi connectivity index (χ1n) is 3.96. The van der Waals surface area contributed by atoms with E-state index in [1.54, 1.807) is 0 Å². The third-order valence-corrected chi connectivity index (χ3v) is 1.95. The highest BCUT2D eigenvalue weighted by Gasteiger charge is 2.06. The second-order valence-electron chi connectivity index (χ2n) is 2.75. The van der Waals surface area contributed by atoms with Crippen molar-refractivity contribution in [1.82, 2.24) is 4.57 Å². The van der Waals surface area contributed by atoms with E-state index in [2.05, 4.69) is 4.74 Å². The maximum absolute atomic E-state index is 9.93. The van der Waals surface area contributed by atoms with Crippen LogP contribution in [0.3, 0.4) is 0 Å². The third kappa shape index (κ3) is 2.47. The van der Waals surface area contributed by atoms with Gasteiger partial charge < -0.3 is 14.6 Å². The van der Waals surface area contributed by atoms with Crippen LogP contribution in [0.2, 0.25) is 0 Å². The summed E-state index contributed by atoms with van der Waals surface area (Å²) in [4.78, 5) is 9.93. The molecule has 0 N–H and O–H groups in total. The number of hydrogen-bond donors (Lipinski definition) is 0. The lowest BCUT2D eigenvalue weighted by Crippen LogP contribution is -2.30. The molecule has 1 aromatic rings. The minimum absolute atomic E-state index is 0.123. The zero-order valence-corrected chi connectivity index (χ0v) is 7.69. The number of imidazole rings is 1. The van der Waals surface area contributed by atoms with E-state index >= 15 is 0 Å². The molecule has 1 rings (SSSR count). The first-order chi connectivity index (χ1) is 6.11. The van der Waals surface area contributed by atoms with Crippen LogP contribution in [-0.4, -0.2) is 17.3 Å². The molecule has 0 aliphatic heterocycles. The smallest absolute Gasteiger partial charge is 0.253 e. The fraction of sp³-hybridized carbons (Fsp3) is 0.500. The maximum Gasteiger partial charge on any atom is 0.253 e. The fourth-order valence-electron chi connectivity index (χ4n) is 1.06. The van der Waals surface area contributed by atoms with E-state index in [-0.39, 0.29) is 6.61 Å². The Morgan fingerprint density at radius 2 is 2.46 bits per heavy atom. The number of carbonyl (C=O) groups is 1. The summed E-state index contributed by atoms with van der Waals surface area (Å²) in [5.74, 6) is 1.04. The number of carbonyl (C=O) groups excluding carboxylic acids is 1. The van der Waals surface area contributed by atoms with Gasteiger partial charge in [0.1, 0.15) is 18.9 Å². The highest BCUT2D eigenvalue weighted by Crippen LogP contribution is 1.92. The van der Waals surface area contributed by atoms with Crippen LogP contribution in [0.1, 0.15) is 5.82 Å². The summed E-state index contributed by atoms with van der Waals surface area (Å²) in [5, 5.41) is 9.93. The zero-order chi connectivity index (χ0) is 9.84. The molecule has 0 aliphatic carbocycles. The summed E-state index contributed by atoms with van der Waals surface area (Å²) in [6, 6.07) is 0.